The number of nitrogens with zero attached hydrogens (tertiary/aromatic N) is 1. The number of aliphatic carboxylic acids is 1. The SMILES string of the molecule is O=C(O)Cc1ccccc1OCc1ccc([N+](=O)[O-])o1. The van der Waals surface area contributed by atoms with Crippen LogP contribution in [0.5, 0.6) is 5.75 Å². The van der Waals surface area contributed by atoms with Crippen molar-refractivity contribution in [3.05, 3.63) is 57.8 Å². The zero-order chi connectivity index (χ0) is 14.5. The third-order valence-electron chi connectivity index (χ3n) is 2.51. The summed E-state index contributed by atoms with van der Waals surface area (Å²) < 4.78 is 10.4. The van der Waals surface area contributed by atoms with Crippen LogP contribution < -0.4 is 4.74 Å². The van der Waals surface area contributed by atoms with Crippen LogP contribution in [-0.4, -0.2) is 16.0 Å². The summed E-state index contributed by atoms with van der Waals surface area (Å²) in [4.78, 5) is 20.6. The van der Waals surface area contributed by atoms with Crippen molar-refractivity contribution in [1.82, 2.24) is 0 Å². The fourth-order valence-electron chi connectivity index (χ4n) is 1.64. The highest BCUT2D eigenvalue weighted by atomic mass is 16.6. The number of carboxylic acid groups (broad SMARTS) is 1. The van der Waals surface area contributed by atoms with Crippen molar-refractivity contribution in [2.75, 3.05) is 0 Å². The zero-order valence-electron chi connectivity index (χ0n) is 10.3. The summed E-state index contributed by atoms with van der Waals surface area (Å²) in [6.07, 6.45) is -0.158. The van der Waals surface area contributed by atoms with Crippen LogP contribution in [0.3, 0.4) is 0 Å². The first kappa shape index (κ1) is 13.6. The molecule has 0 aliphatic heterocycles. The molecule has 0 radical (unpaired) electrons. The lowest BCUT2D eigenvalue weighted by Gasteiger charge is -2.08. The molecule has 0 aliphatic rings. The van der Waals surface area contributed by atoms with Crippen LogP contribution in [-0.2, 0) is 17.8 Å². The number of nitro groups is 1. The molecule has 7 nitrogen and oxygen atoms in total. The Hall–Kier alpha value is -2.83. The Morgan fingerprint density at radius 2 is 2.05 bits per heavy atom. The minimum Gasteiger partial charge on any atom is -0.485 e. The average molecular weight is 277 g/mol. The molecule has 104 valence electrons. The second-order valence-electron chi connectivity index (χ2n) is 3.96. The Kier molecular flexibility index (Phi) is 3.99. The number of hydrogen-bond acceptors (Lipinski definition) is 5. The normalized spacial score (nSPS) is 10.2. The molecule has 7 heteroatoms. The van der Waals surface area contributed by atoms with Gasteiger partial charge in [-0.3, -0.25) is 14.9 Å². The molecule has 0 unspecified atom stereocenters. The molecule has 1 aromatic heterocycles. The molecular formula is C13H11NO6. The molecule has 2 aromatic rings. The van der Waals surface area contributed by atoms with Crippen LogP contribution in [0.15, 0.2) is 40.8 Å². The summed E-state index contributed by atoms with van der Waals surface area (Å²) >= 11 is 0. The highest BCUT2D eigenvalue weighted by molar-refractivity contribution is 5.71. The van der Waals surface area contributed by atoms with E-state index in [1.165, 1.54) is 12.1 Å². The Morgan fingerprint density at radius 3 is 2.70 bits per heavy atom. The van der Waals surface area contributed by atoms with Crippen LogP contribution >= 0.6 is 0 Å². The summed E-state index contributed by atoms with van der Waals surface area (Å²) in [6, 6.07) is 9.39. The van der Waals surface area contributed by atoms with E-state index in [9.17, 15) is 14.9 Å². The number of carbonyl (C=O) groups is 1. The van der Waals surface area contributed by atoms with Gasteiger partial charge in [0.25, 0.3) is 0 Å². The van der Waals surface area contributed by atoms with Crippen LogP contribution in [0.1, 0.15) is 11.3 Å². The maximum atomic E-state index is 10.7. The van der Waals surface area contributed by atoms with Crippen molar-refractivity contribution in [3.8, 4) is 5.75 Å². The predicted molar refractivity (Wildman–Crippen MR) is 67.5 cm³/mol. The van der Waals surface area contributed by atoms with Gasteiger partial charge in [-0.05, 0) is 12.1 Å². The van der Waals surface area contributed by atoms with Gasteiger partial charge in [-0.25, -0.2) is 0 Å². The molecule has 0 amide bonds. The van der Waals surface area contributed by atoms with Gasteiger partial charge in [0.15, 0.2) is 0 Å². The van der Waals surface area contributed by atoms with E-state index in [2.05, 4.69) is 0 Å². The molecule has 0 spiro atoms. The molecule has 0 atom stereocenters. The van der Waals surface area contributed by atoms with Gasteiger partial charge in [-0.2, -0.15) is 0 Å². The number of hydrogen-bond donors (Lipinski definition) is 1. The molecule has 0 fully saturated rings. The number of rotatable bonds is 6. The summed E-state index contributed by atoms with van der Waals surface area (Å²) in [5.74, 6) is -0.618. The van der Waals surface area contributed by atoms with E-state index < -0.39 is 10.9 Å². The van der Waals surface area contributed by atoms with Gasteiger partial charge >= 0.3 is 11.9 Å². The largest absolute Gasteiger partial charge is 0.485 e. The minimum absolute atomic E-state index is 0.00945. The summed E-state index contributed by atoms with van der Waals surface area (Å²) in [5, 5.41) is 19.3. The highest BCUT2D eigenvalue weighted by Crippen LogP contribution is 2.22. The van der Waals surface area contributed by atoms with Gasteiger partial charge in [-0.15, -0.1) is 0 Å². The molecular weight excluding hydrogens is 266 g/mol. The molecule has 1 aromatic carbocycles. The van der Waals surface area contributed by atoms with E-state index in [-0.39, 0.29) is 18.9 Å². The van der Waals surface area contributed by atoms with Gasteiger partial charge in [0.1, 0.15) is 23.0 Å². The van der Waals surface area contributed by atoms with E-state index >= 15 is 0 Å². The van der Waals surface area contributed by atoms with Crippen molar-refractivity contribution < 1.29 is 24.0 Å². The van der Waals surface area contributed by atoms with E-state index in [0.29, 0.717) is 17.1 Å². The first-order valence-electron chi connectivity index (χ1n) is 5.72. The fraction of sp³-hybridized carbons (Fsp3) is 0.154. The zero-order valence-corrected chi connectivity index (χ0v) is 10.3. The lowest BCUT2D eigenvalue weighted by atomic mass is 10.1. The Balaban J connectivity index is 2.06. The van der Waals surface area contributed by atoms with Gasteiger partial charge in [0, 0.05) is 5.56 Å². The van der Waals surface area contributed by atoms with Crippen molar-refractivity contribution in [1.29, 1.82) is 0 Å². The third-order valence-corrected chi connectivity index (χ3v) is 2.51. The van der Waals surface area contributed by atoms with Crippen molar-refractivity contribution in [2.45, 2.75) is 13.0 Å². The number of para-hydroxylation sites is 1. The minimum atomic E-state index is -0.963. The monoisotopic (exact) mass is 277 g/mol. The molecule has 0 saturated heterocycles. The van der Waals surface area contributed by atoms with Crippen molar-refractivity contribution >= 4 is 11.9 Å². The molecule has 20 heavy (non-hydrogen) atoms. The Labute approximate surface area is 113 Å². The van der Waals surface area contributed by atoms with Gasteiger partial charge in [-0.1, -0.05) is 18.2 Å². The molecule has 1 N–H and O–H groups in total. The predicted octanol–water partition coefficient (Wildman–Crippen LogP) is 2.39. The van der Waals surface area contributed by atoms with E-state index in [1.54, 1.807) is 24.3 Å². The lowest BCUT2D eigenvalue weighted by Crippen LogP contribution is -2.03. The lowest BCUT2D eigenvalue weighted by molar-refractivity contribution is -0.402. The molecule has 0 aliphatic carbocycles. The summed E-state index contributed by atoms with van der Waals surface area (Å²) in [6.45, 7) is -0.00945. The first-order valence-corrected chi connectivity index (χ1v) is 5.72. The quantitative estimate of drug-likeness (QED) is 0.642. The maximum Gasteiger partial charge on any atom is 0.433 e. The number of carboxylic acids is 1. The van der Waals surface area contributed by atoms with Crippen LogP contribution in [0.4, 0.5) is 5.88 Å². The highest BCUT2D eigenvalue weighted by Gasteiger charge is 2.13. The topological polar surface area (TPSA) is 103 Å². The molecule has 0 bridgehead atoms. The van der Waals surface area contributed by atoms with E-state index in [4.69, 9.17) is 14.3 Å². The van der Waals surface area contributed by atoms with Crippen LogP contribution in [0.25, 0.3) is 0 Å². The smallest absolute Gasteiger partial charge is 0.433 e. The molecule has 0 saturated carbocycles. The summed E-state index contributed by atoms with van der Waals surface area (Å²) in [7, 11) is 0. The number of furan rings is 1. The molecule has 1 heterocycles. The van der Waals surface area contributed by atoms with E-state index in [1.807, 2.05) is 0 Å². The van der Waals surface area contributed by atoms with Crippen LogP contribution in [0.2, 0.25) is 0 Å². The van der Waals surface area contributed by atoms with Crippen LogP contribution in [0, 0.1) is 10.1 Å². The van der Waals surface area contributed by atoms with Gasteiger partial charge in [0.05, 0.1) is 12.5 Å². The third kappa shape index (κ3) is 3.35. The number of ether oxygens (including phenoxy) is 1. The van der Waals surface area contributed by atoms with Crippen molar-refractivity contribution in [2.24, 2.45) is 0 Å². The second-order valence-corrected chi connectivity index (χ2v) is 3.96. The van der Waals surface area contributed by atoms with E-state index in [0.717, 1.165) is 0 Å². The van der Waals surface area contributed by atoms with Gasteiger partial charge < -0.3 is 14.3 Å². The second kappa shape index (κ2) is 5.87. The van der Waals surface area contributed by atoms with Crippen molar-refractivity contribution in [3.63, 3.8) is 0 Å². The first-order chi connectivity index (χ1) is 9.56. The Morgan fingerprint density at radius 1 is 1.30 bits per heavy atom. The number of benzene rings is 1. The Bertz CT molecular complexity index is 633. The van der Waals surface area contributed by atoms with Gasteiger partial charge in [0.2, 0.25) is 0 Å². The maximum absolute atomic E-state index is 10.7. The average Bonchev–Trinajstić information content (AvgIpc) is 2.86. The fourth-order valence-corrected chi connectivity index (χ4v) is 1.64. The molecule has 2 rings (SSSR count). The summed E-state index contributed by atoms with van der Waals surface area (Å²) in [5.41, 5.74) is 0.529. The standard InChI is InChI=1S/C13H11NO6/c15-13(16)7-9-3-1-2-4-11(9)19-8-10-5-6-12(20-10)14(17)18/h1-6H,7-8H2,(H,15,16).